The molecule has 2 aliphatic rings. The quantitative estimate of drug-likeness (QED) is 0.611. The SMILES string of the molecule is S=C1NC2CCC(Cl)CC2C(c2ccccc2)N1. The average molecular weight is 281 g/mol. The summed E-state index contributed by atoms with van der Waals surface area (Å²) >= 11 is 11.7. The number of rotatable bonds is 1. The molecule has 1 saturated heterocycles. The molecule has 4 atom stereocenters. The summed E-state index contributed by atoms with van der Waals surface area (Å²) < 4.78 is 0. The maximum absolute atomic E-state index is 6.34. The number of fused-ring (bicyclic) bond motifs is 1. The summed E-state index contributed by atoms with van der Waals surface area (Å²) in [5, 5.41) is 7.89. The van der Waals surface area contributed by atoms with E-state index in [-0.39, 0.29) is 0 Å². The Balaban J connectivity index is 1.88. The molecular formula is C14H17ClN2S. The minimum atomic E-state index is 0.298. The van der Waals surface area contributed by atoms with E-state index in [9.17, 15) is 0 Å². The van der Waals surface area contributed by atoms with Gasteiger partial charge in [0.25, 0.3) is 0 Å². The molecule has 1 aliphatic carbocycles. The lowest BCUT2D eigenvalue weighted by molar-refractivity contribution is 0.218. The normalized spacial score (nSPS) is 35.3. The molecule has 96 valence electrons. The lowest BCUT2D eigenvalue weighted by atomic mass is 9.76. The summed E-state index contributed by atoms with van der Waals surface area (Å²) in [4.78, 5) is 0. The van der Waals surface area contributed by atoms with E-state index in [1.54, 1.807) is 0 Å². The Morgan fingerprint density at radius 3 is 2.67 bits per heavy atom. The van der Waals surface area contributed by atoms with E-state index in [1.165, 1.54) is 5.56 Å². The Kier molecular flexibility index (Phi) is 3.44. The predicted molar refractivity (Wildman–Crippen MR) is 78.8 cm³/mol. The van der Waals surface area contributed by atoms with Gasteiger partial charge < -0.3 is 10.6 Å². The van der Waals surface area contributed by atoms with E-state index in [1.807, 2.05) is 6.07 Å². The zero-order valence-corrected chi connectivity index (χ0v) is 11.7. The molecule has 0 bridgehead atoms. The lowest BCUT2D eigenvalue weighted by Gasteiger charge is -2.44. The first kappa shape index (κ1) is 12.2. The Morgan fingerprint density at radius 2 is 1.89 bits per heavy atom. The third-order valence-electron chi connectivity index (χ3n) is 4.03. The molecule has 1 aromatic rings. The van der Waals surface area contributed by atoms with Crippen molar-refractivity contribution in [2.75, 3.05) is 0 Å². The lowest BCUT2D eigenvalue weighted by Crippen LogP contribution is -2.58. The third kappa shape index (κ3) is 2.34. The van der Waals surface area contributed by atoms with Crippen LogP contribution in [0.2, 0.25) is 0 Å². The standard InChI is InChI=1S/C14H17ClN2S/c15-10-6-7-12-11(8-10)13(17-14(18)16-12)9-4-2-1-3-5-9/h1-5,10-13H,6-8H2,(H2,16,17,18). The fourth-order valence-electron chi connectivity index (χ4n) is 3.15. The van der Waals surface area contributed by atoms with E-state index in [2.05, 4.69) is 34.9 Å². The van der Waals surface area contributed by atoms with Crippen molar-refractivity contribution in [3.63, 3.8) is 0 Å². The van der Waals surface area contributed by atoms with Crippen LogP contribution < -0.4 is 10.6 Å². The van der Waals surface area contributed by atoms with E-state index >= 15 is 0 Å². The van der Waals surface area contributed by atoms with Crippen molar-refractivity contribution in [1.82, 2.24) is 10.6 Å². The van der Waals surface area contributed by atoms with Gasteiger partial charge in [0.1, 0.15) is 0 Å². The molecule has 0 aromatic heterocycles. The minimum Gasteiger partial charge on any atom is -0.360 e. The maximum Gasteiger partial charge on any atom is 0.167 e. The maximum atomic E-state index is 6.34. The van der Waals surface area contributed by atoms with Crippen LogP contribution >= 0.6 is 23.8 Å². The van der Waals surface area contributed by atoms with Gasteiger partial charge in [-0.05, 0) is 37.0 Å². The summed E-state index contributed by atoms with van der Waals surface area (Å²) in [6, 6.07) is 11.3. The Labute approximate surface area is 118 Å². The van der Waals surface area contributed by atoms with Gasteiger partial charge in [0.15, 0.2) is 5.11 Å². The van der Waals surface area contributed by atoms with Crippen LogP contribution in [-0.4, -0.2) is 16.5 Å². The van der Waals surface area contributed by atoms with Gasteiger partial charge in [0.2, 0.25) is 0 Å². The molecule has 0 radical (unpaired) electrons. The molecule has 4 unspecified atom stereocenters. The zero-order valence-electron chi connectivity index (χ0n) is 10.1. The van der Waals surface area contributed by atoms with Crippen molar-refractivity contribution < 1.29 is 0 Å². The highest BCUT2D eigenvalue weighted by Crippen LogP contribution is 2.38. The second-order valence-corrected chi connectivity index (χ2v) is 6.21. The molecule has 2 fully saturated rings. The molecule has 2 N–H and O–H groups in total. The van der Waals surface area contributed by atoms with Gasteiger partial charge in [0.05, 0.1) is 6.04 Å². The minimum absolute atomic E-state index is 0.298. The summed E-state index contributed by atoms with van der Waals surface area (Å²) in [5.74, 6) is 0.523. The predicted octanol–water partition coefficient (Wildman–Crippen LogP) is 2.98. The summed E-state index contributed by atoms with van der Waals surface area (Å²) in [5.41, 5.74) is 1.31. The first-order valence-corrected chi connectivity index (χ1v) is 7.34. The highest BCUT2D eigenvalue weighted by atomic mass is 35.5. The molecule has 0 amide bonds. The molecule has 3 rings (SSSR count). The highest BCUT2D eigenvalue weighted by Gasteiger charge is 2.39. The van der Waals surface area contributed by atoms with Crippen LogP contribution in [0, 0.1) is 5.92 Å². The van der Waals surface area contributed by atoms with Crippen LogP contribution in [0.15, 0.2) is 30.3 Å². The summed E-state index contributed by atoms with van der Waals surface area (Å²) in [6.07, 6.45) is 3.25. The van der Waals surface area contributed by atoms with Gasteiger partial charge in [-0.2, -0.15) is 0 Å². The van der Waals surface area contributed by atoms with E-state index in [0.717, 1.165) is 24.4 Å². The first-order valence-electron chi connectivity index (χ1n) is 6.50. The van der Waals surface area contributed by atoms with Crippen molar-refractivity contribution in [3.8, 4) is 0 Å². The van der Waals surface area contributed by atoms with Crippen LogP contribution in [0.4, 0.5) is 0 Å². The summed E-state index contributed by atoms with van der Waals surface area (Å²) in [6.45, 7) is 0. The molecule has 1 aromatic carbocycles. The van der Waals surface area contributed by atoms with E-state index in [0.29, 0.717) is 23.4 Å². The molecule has 1 saturated carbocycles. The number of hydrogen-bond donors (Lipinski definition) is 2. The number of thiocarbonyl (C=S) groups is 1. The molecule has 4 heteroatoms. The molecule has 1 heterocycles. The fraction of sp³-hybridized carbons (Fsp3) is 0.500. The second kappa shape index (κ2) is 5.06. The van der Waals surface area contributed by atoms with Gasteiger partial charge in [-0.15, -0.1) is 11.6 Å². The van der Waals surface area contributed by atoms with Gasteiger partial charge in [-0.25, -0.2) is 0 Å². The van der Waals surface area contributed by atoms with Crippen molar-refractivity contribution >= 4 is 28.9 Å². The van der Waals surface area contributed by atoms with Gasteiger partial charge >= 0.3 is 0 Å². The van der Waals surface area contributed by atoms with Crippen molar-refractivity contribution in [2.24, 2.45) is 5.92 Å². The van der Waals surface area contributed by atoms with Crippen LogP contribution in [0.5, 0.6) is 0 Å². The van der Waals surface area contributed by atoms with Gasteiger partial charge in [-0.1, -0.05) is 30.3 Å². The molecule has 18 heavy (non-hydrogen) atoms. The summed E-state index contributed by atoms with van der Waals surface area (Å²) in [7, 11) is 0. The number of nitrogens with one attached hydrogen (secondary N) is 2. The number of hydrogen-bond acceptors (Lipinski definition) is 1. The van der Waals surface area contributed by atoms with E-state index < -0.39 is 0 Å². The number of benzene rings is 1. The van der Waals surface area contributed by atoms with Crippen LogP contribution in [0.25, 0.3) is 0 Å². The zero-order chi connectivity index (χ0) is 12.5. The molecule has 1 aliphatic heterocycles. The topological polar surface area (TPSA) is 24.1 Å². The van der Waals surface area contributed by atoms with Crippen molar-refractivity contribution in [2.45, 2.75) is 36.7 Å². The van der Waals surface area contributed by atoms with Crippen LogP contribution in [0.3, 0.4) is 0 Å². The molecular weight excluding hydrogens is 264 g/mol. The highest BCUT2D eigenvalue weighted by molar-refractivity contribution is 7.80. The van der Waals surface area contributed by atoms with Crippen LogP contribution in [-0.2, 0) is 0 Å². The second-order valence-electron chi connectivity index (χ2n) is 5.19. The average Bonchev–Trinajstić information content (AvgIpc) is 2.39. The largest absolute Gasteiger partial charge is 0.360 e. The Morgan fingerprint density at radius 1 is 1.11 bits per heavy atom. The van der Waals surface area contributed by atoms with E-state index in [4.69, 9.17) is 23.8 Å². The number of alkyl halides is 1. The first-order chi connectivity index (χ1) is 8.74. The van der Waals surface area contributed by atoms with Crippen LogP contribution in [0.1, 0.15) is 30.9 Å². The Hall–Kier alpha value is -0.800. The molecule has 0 spiro atoms. The van der Waals surface area contributed by atoms with Crippen molar-refractivity contribution in [3.05, 3.63) is 35.9 Å². The number of halogens is 1. The molecule has 2 nitrogen and oxygen atoms in total. The van der Waals surface area contributed by atoms with Crippen molar-refractivity contribution in [1.29, 1.82) is 0 Å². The van der Waals surface area contributed by atoms with Gasteiger partial charge in [0, 0.05) is 17.3 Å². The third-order valence-corrected chi connectivity index (χ3v) is 4.66. The smallest absolute Gasteiger partial charge is 0.167 e. The van der Waals surface area contributed by atoms with Gasteiger partial charge in [-0.3, -0.25) is 0 Å². The fourth-order valence-corrected chi connectivity index (χ4v) is 3.76. The Bertz CT molecular complexity index is 437. The monoisotopic (exact) mass is 280 g/mol.